The minimum atomic E-state index is -3.99. The maximum Gasteiger partial charge on any atom is 0.216 e. The van der Waals surface area contributed by atoms with Gasteiger partial charge in [0.2, 0.25) is 9.84 Å². The molecule has 0 aliphatic carbocycles. The first-order chi connectivity index (χ1) is 17.0. The molecule has 5 nitrogen and oxygen atoms in total. The van der Waals surface area contributed by atoms with Gasteiger partial charge in [0.25, 0.3) is 0 Å². The second-order valence-electron chi connectivity index (χ2n) is 8.21. The minimum Gasteiger partial charge on any atom is -0.240 e. The van der Waals surface area contributed by atoms with Crippen LogP contribution in [0.2, 0.25) is 0 Å². The summed E-state index contributed by atoms with van der Waals surface area (Å²) in [5, 5.41) is 16.8. The number of para-hydroxylation sites is 1. The summed E-state index contributed by atoms with van der Waals surface area (Å²) in [5.41, 5.74) is 3.72. The molecule has 35 heavy (non-hydrogen) atoms. The van der Waals surface area contributed by atoms with E-state index in [2.05, 4.69) is 0 Å². The smallest absolute Gasteiger partial charge is 0.216 e. The molecule has 0 unspecified atom stereocenters. The minimum absolute atomic E-state index is 0.0820. The van der Waals surface area contributed by atoms with Crippen molar-refractivity contribution >= 4 is 26.7 Å². The lowest BCUT2D eigenvalue weighted by atomic mass is 10.0. The molecule has 0 bridgehead atoms. The summed E-state index contributed by atoms with van der Waals surface area (Å²) in [7, 11) is -3.99. The first-order valence-corrected chi connectivity index (χ1v) is 12.5. The van der Waals surface area contributed by atoms with Crippen molar-refractivity contribution in [3.05, 3.63) is 119 Å². The Bertz CT molecular complexity index is 1710. The molecule has 0 atom stereocenters. The standard InChI is InChI=1S/C29H21N3O2S/c1-21-11-15-27(16-12-21)35(33,34)28(19-30)18-25-20-32(26-9-3-2-4-10-26)31-29(25)24-14-13-22-7-5-6-8-23(22)17-24/h2-18,20H,1H3/b28-18-. The molecular weight excluding hydrogens is 454 g/mol. The van der Waals surface area contributed by atoms with Gasteiger partial charge < -0.3 is 0 Å². The van der Waals surface area contributed by atoms with Gasteiger partial charge in [-0.05, 0) is 54.1 Å². The second-order valence-corrected chi connectivity index (χ2v) is 10.1. The number of aromatic nitrogens is 2. The second kappa shape index (κ2) is 9.05. The van der Waals surface area contributed by atoms with Crippen LogP contribution in [0.1, 0.15) is 11.1 Å². The molecule has 0 N–H and O–H groups in total. The lowest BCUT2D eigenvalue weighted by Crippen LogP contribution is -2.03. The predicted octanol–water partition coefficient (Wildman–Crippen LogP) is 6.34. The number of hydrogen-bond donors (Lipinski definition) is 0. The monoisotopic (exact) mass is 475 g/mol. The van der Waals surface area contributed by atoms with Crippen LogP contribution in [0.25, 0.3) is 33.8 Å². The van der Waals surface area contributed by atoms with Crippen molar-refractivity contribution in [2.45, 2.75) is 11.8 Å². The van der Waals surface area contributed by atoms with E-state index in [0.717, 1.165) is 27.6 Å². The Kier molecular flexibility index (Phi) is 5.77. The van der Waals surface area contributed by atoms with Gasteiger partial charge in [-0.15, -0.1) is 0 Å². The number of nitriles is 1. The molecule has 0 aliphatic heterocycles. The van der Waals surface area contributed by atoms with Crippen LogP contribution in [0.4, 0.5) is 0 Å². The average Bonchev–Trinajstić information content (AvgIpc) is 3.31. The zero-order valence-corrected chi connectivity index (χ0v) is 19.8. The van der Waals surface area contributed by atoms with E-state index >= 15 is 0 Å². The number of aryl methyl sites for hydroxylation is 1. The largest absolute Gasteiger partial charge is 0.240 e. The molecule has 0 saturated heterocycles. The topological polar surface area (TPSA) is 75.8 Å². The molecule has 0 spiro atoms. The Hall–Kier alpha value is -4.47. The summed E-state index contributed by atoms with van der Waals surface area (Å²) in [6.45, 7) is 1.88. The van der Waals surface area contributed by atoms with Crippen molar-refractivity contribution < 1.29 is 8.42 Å². The van der Waals surface area contributed by atoms with Gasteiger partial charge >= 0.3 is 0 Å². The molecule has 5 rings (SSSR count). The van der Waals surface area contributed by atoms with E-state index in [1.165, 1.54) is 18.2 Å². The van der Waals surface area contributed by atoms with Gasteiger partial charge in [-0.1, -0.05) is 72.3 Å². The lowest BCUT2D eigenvalue weighted by Gasteiger charge is -2.05. The van der Waals surface area contributed by atoms with Gasteiger partial charge in [-0.25, -0.2) is 13.1 Å². The highest BCUT2D eigenvalue weighted by molar-refractivity contribution is 7.95. The van der Waals surface area contributed by atoms with Crippen LogP contribution in [0.3, 0.4) is 0 Å². The molecule has 0 aliphatic rings. The molecule has 0 radical (unpaired) electrons. The Balaban J connectivity index is 1.69. The maximum atomic E-state index is 13.3. The molecular formula is C29H21N3O2S. The quantitative estimate of drug-likeness (QED) is 0.278. The summed E-state index contributed by atoms with van der Waals surface area (Å²) < 4.78 is 28.2. The summed E-state index contributed by atoms with van der Waals surface area (Å²) in [5.74, 6) is 0. The fraction of sp³-hybridized carbons (Fsp3) is 0.0345. The van der Waals surface area contributed by atoms with Crippen molar-refractivity contribution in [2.24, 2.45) is 0 Å². The van der Waals surface area contributed by atoms with Crippen molar-refractivity contribution in [1.29, 1.82) is 5.26 Å². The van der Waals surface area contributed by atoms with Crippen LogP contribution in [0.5, 0.6) is 0 Å². The average molecular weight is 476 g/mol. The van der Waals surface area contributed by atoms with Gasteiger partial charge in [0, 0.05) is 17.3 Å². The number of benzene rings is 4. The molecule has 5 aromatic rings. The van der Waals surface area contributed by atoms with E-state index in [0.29, 0.717) is 11.3 Å². The molecule has 1 heterocycles. The van der Waals surface area contributed by atoms with E-state index in [-0.39, 0.29) is 9.80 Å². The van der Waals surface area contributed by atoms with Crippen molar-refractivity contribution in [3.63, 3.8) is 0 Å². The van der Waals surface area contributed by atoms with Crippen LogP contribution in [0.15, 0.2) is 113 Å². The third-order valence-electron chi connectivity index (χ3n) is 5.80. The predicted molar refractivity (Wildman–Crippen MR) is 138 cm³/mol. The molecule has 6 heteroatoms. The maximum absolute atomic E-state index is 13.3. The first kappa shape index (κ1) is 22.3. The molecule has 0 amide bonds. The summed E-state index contributed by atoms with van der Waals surface area (Å²) >= 11 is 0. The van der Waals surface area contributed by atoms with Crippen molar-refractivity contribution in [1.82, 2.24) is 9.78 Å². The van der Waals surface area contributed by atoms with Crippen LogP contribution in [-0.4, -0.2) is 18.2 Å². The van der Waals surface area contributed by atoms with Gasteiger partial charge in [0.1, 0.15) is 16.7 Å². The van der Waals surface area contributed by atoms with Gasteiger partial charge in [-0.3, -0.25) is 0 Å². The molecule has 1 aromatic heterocycles. The van der Waals surface area contributed by atoms with Crippen LogP contribution < -0.4 is 0 Å². The molecule has 0 fully saturated rings. The van der Waals surface area contributed by atoms with E-state index < -0.39 is 9.84 Å². The Morgan fingerprint density at radius 1 is 0.886 bits per heavy atom. The highest BCUT2D eigenvalue weighted by Crippen LogP contribution is 2.30. The van der Waals surface area contributed by atoms with Crippen molar-refractivity contribution in [3.8, 4) is 23.0 Å². The van der Waals surface area contributed by atoms with Gasteiger partial charge in [0.15, 0.2) is 0 Å². The highest BCUT2D eigenvalue weighted by Gasteiger charge is 2.22. The van der Waals surface area contributed by atoms with Crippen LogP contribution in [0, 0.1) is 18.3 Å². The Morgan fingerprint density at radius 3 is 2.29 bits per heavy atom. The Morgan fingerprint density at radius 2 is 1.57 bits per heavy atom. The number of fused-ring (bicyclic) bond motifs is 1. The number of nitrogens with zero attached hydrogens (tertiary/aromatic N) is 3. The van der Waals surface area contributed by atoms with Gasteiger partial charge in [-0.2, -0.15) is 10.4 Å². The fourth-order valence-corrected chi connectivity index (χ4v) is 5.07. The summed E-state index contributed by atoms with van der Waals surface area (Å²) in [6, 6.07) is 31.9. The molecule has 4 aromatic carbocycles. The van der Waals surface area contributed by atoms with E-state index in [4.69, 9.17) is 5.10 Å². The Labute approximate surface area is 204 Å². The van der Waals surface area contributed by atoms with Crippen LogP contribution >= 0.6 is 0 Å². The SMILES string of the molecule is Cc1ccc(S(=O)(=O)/C(C#N)=C\c2cn(-c3ccccc3)nc2-c2ccc3ccccc3c2)cc1. The molecule has 0 saturated carbocycles. The van der Waals surface area contributed by atoms with E-state index in [9.17, 15) is 13.7 Å². The molecule has 170 valence electrons. The number of sulfone groups is 1. The van der Waals surface area contributed by atoms with E-state index in [1.54, 1.807) is 23.0 Å². The third kappa shape index (κ3) is 4.37. The zero-order chi connectivity index (χ0) is 24.4. The van der Waals surface area contributed by atoms with Crippen molar-refractivity contribution in [2.75, 3.05) is 0 Å². The number of rotatable bonds is 5. The summed E-state index contributed by atoms with van der Waals surface area (Å²) in [4.78, 5) is -0.255. The van der Waals surface area contributed by atoms with E-state index in [1.807, 2.05) is 85.8 Å². The third-order valence-corrected chi connectivity index (χ3v) is 7.48. The zero-order valence-electron chi connectivity index (χ0n) is 19.0. The first-order valence-electron chi connectivity index (χ1n) is 11.0. The highest BCUT2D eigenvalue weighted by atomic mass is 32.2. The normalized spacial score (nSPS) is 11.9. The van der Waals surface area contributed by atoms with Gasteiger partial charge in [0.05, 0.1) is 10.6 Å². The summed E-state index contributed by atoms with van der Waals surface area (Å²) in [6.07, 6.45) is 3.16. The lowest BCUT2D eigenvalue weighted by molar-refractivity contribution is 0.603. The number of allylic oxidation sites excluding steroid dienone is 1. The fourth-order valence-electron chi connectivity index (χ4n) is 3.92. The van der Waals surface area contributed by atoms with Crippen LogP contribution in [-0.2, 0) is 9.84 Å². The number of hydrogen-bond acceptors (Lipinski definition) is 4.